The lowest BCUT2D eigenvalue weighted by atomic mass is 9.54. The third kappa shape index (κ3) is 2.54. The molecule has 1 amide bonds. The third-order valence-corrected chi connectivity index (χ3v) is 5.83. The van der Waals surface area contributed by atoms with E-state index in [-0.39, 0.29) is 6.04 Å². The highest BCUT2D eigenvalue weighted by Crippen LogP contribution is 2.54. The molecule has 108 valence electrons. The molecule has 0 radical (unpaired) electrons. The van der Waals surface area contributed by atoms with Gasteiger partial charge in [0.1, 0.15) is 0 Å². The lowest BCUT2D eigenvalue weighted by Gasteiger charge is -2.56. The summed E-state index contributed by atoms with van der Waals surface area (Å²) in [4.78, 5) is 14.4. The molecule has 4 rings (SSSR count). The Balaban J connectivity index is 1.63. The van der Waals surface area contributed by atoms with Gasteiger partial charge in [-0.25, -0.2) is 0 Å². The van der Waals surface area contributed by atoms with Gasteiger partial charge in [0.25, 0.3) is 0 Å². The highest BCUT2D eigenvalue weighted by atomic mass is 16.2. The average Bonchev–Trinajstić information content (AvgIpc) is 2.34. The van der Waals surface area contributed by atoms with Gasteiger partial charge in [-0.2, -0.15) is 0 Å². The van der Waals surface area contributed by atoms with Crippen LogP contribution in [0.2, 0.25) is 0 Å². The zero-order chi connectivity index (χ0) is 13.6. The number of hydrogen-bond acceptors (Lipinski definition) is 2. The second-order valence-corrected chi connectivity index (χ2v) is 7.44. The van der Waals surface area contributed by atoms with Crippen molar-refractivity contribution < 1.29 is 4.79 Å². The first kappa shape index (κ1) is 13.4. The zero-order valence-corrected chi connectivity index (χ0v) is 12.3. The van der Waals surface area contributed by atoms with Crippen LogP contribution in [0.4, 0.5) is 0 Å². The van der Waals surface area contributed by atoms with Gasteiger partial charge < -0.3 is 10.6 Å². The van der Waals surface area contributed by atoms with Gasteiger partial charge in [0, 0.05) is 25.6 Å². The Morgan fingerprint density at radius 1 is 1.16 bits per heavy atom. The highest BCUT2D eigenvalue weighted by Gasteiger charge is 2.50. The topological polar surface area (TPSA) is 46.3 Å². The molecule has 2 N–H and O–H groups in total. The molecule has 4 saturated carbocycles. The number of carbonyl (C=O) groups is 1. The minimum atomic E-state index is 0.135. The monoisotopic (exact) mass is 264 g/mol. The van der Waals surface area contributed by atoms with E-state index in [1.807, 2.05) is 14.0 Å². The Bertz CT molecular complexity index is 325. The molecule has 0 aromatic heterocycles. The Labute approximate surface area is 116 Å². The van der Waals surface area contributed by atoms with Gasteiger partial charge in [-0.05, 0) is 69.1 Å². The first-order chi connectivity index (χ1) is 9.04. The van der Waals surface area contributed by atoms with E-state index in [2.05, 4.69) is 4.90 Å². The molecular formula is C16H28N2O. The second-order valence-electron chi connectivity index (χ2n) is 7.44. The largest absolute Gasteiger partial charge is 0.342 e. The van der Waals surface area contributed by atoms with Crippen molar-refractivity contribution in [2.24, 2.45) is 29.4 Å². The van der Waals surface area contributed by atoms with Crippen molar-refractivity contribution in [3.8, 4) is 0 Å². The standard InChI is InChI=1S/C16H28N2O/c1-10(17)3-4-15(19)18(2)16-13-6-11-5-12(8-13)9-14(16)7-11/h10-14,16H,3-9,17H2,1-2H3. The maximum absolute atomic E-state index is 12.3. The van der Waals surface area contributed by atoms with Gasteiger partial charge in [-0.3, -0.25) is 4.79 Å². The first-order valence-electron chi connectivity index (χ1n) is 8.05. The summed E-state index contributed by atoms with van der Waals surface area (Å²) in [7, 11) is 2.04. The highest BCUT2D eigenvalue weighted by molar-refractivity contribution is 5.76. The van der Waals surface area contributed by atoms with Crippen LogP contribution in [0.25, 0.3) is 0 Å². The number of amides is 1. The van der Waals surface area contributed by atoms with Crippen molar-refractivity contribution in [2.75, 3.05) is 7.05 Å². The van der Waals surface area contributed by atoms with Crippen LogP contribution in [0.15, 0.2) is 0 Å². The minimum Gasteiger partial charge on any atom is -0.342 e. The van der Waals surface area contributed by atoms with E-state index in [0.29, 0.717) is 18.4 Å². The second kappa shape index (κ2) is 5.08. The summed E-state index contributed by atoms with van der Waals surface area (Å²) in [5, 5.41) is 0. The van der Waals surface area contributed by atoms with Crippen LogP contribution < -0.4 is 5.73 Å². The predicted octanol–water partition coefficient (Wildman–Crippen LogP) is 2.40. The van der Waals surface area contributed by atoms with Crippen LogP contribution in [0.5, 0.6) is 0 Å². The van der Waals surface area contributed by atoms with Crippen LogP contribution in [-0.4, -0.2) is 29.9 Å². The summed E-state index contributed by atoms with van der Waals surface area (Å²) in [6.45, 7) is 1.98. The van der Waals surface area contributed by atoms with Gasteiger partial charge in [-0.15, -0.1) is 0 Å². The van der Waals surface area contributed by atoms with E-state index >= 15 is 0 Å². The molecule has 0 aromatic carbocycles. The Morgan fingerprint density at radius 3 is 2.16 bits per heavy atom. The van der Waals surface area contributed by atoms with E-state index < -0.39 is 0 Å². The van der Waals surface area contributed by atoms with Crippen molar-refractivity contribution in [3.05, 3.63) is 0 Å². The molecule has 4 bridgehead atoms. The van der Waals surface area contributed by atoms with Crippen molar-refractivity contribution in [2.45, 2.75) is 64.0 Å². The molecule has 3 nitrogen and oxygen atoms in total. The minimum absolute atomic E-state index is 0.135. The molecule has 0 spiro atoms. The van der Waals surface area contributed by atoms with Gasteiger partial charge >= 0.3 is 0 Å². The SMILES string of the molecule is CC(N)CCC(=O)N(C)C1C2CC3CC(C2)CC1C3. The summed E-state index contributed by atoms with van der Waals surface area (Å²) >= 11 is 0. The van der Waals surface area contributed by atoms with Gasteiger partial charge in [0.15, 0.2) is 0 Å². The van der Waals surface area contributed by atoms with E-state index in [1.54, 1.807) is 0 Å². The molecular weight excluding hydrogens is 236 g/mol. The van der Waals surface area contributed by atoms with Crippen LogP contribution in [0.3, 0.4) is 0 Å². The number of rotatable bonds is 4. The van der Waals surface area contributed by atoms with E-state index in [9.17, 15) is 4.79 Å². The number of nitrogens with zero attached hydrogens (tertiary/aromatic N) is 1. The Hall–Kier alpha value is -0.570. The lowest BCUT2D eigenvalue weighted by Crippen LogP contribution is -2.56. The quantitative estimate of drug-likeness (QED) is 0.847. The third-order valence-electron chi connectivity index (χ3n) is 5.83. The predicted molar refractivity (Wildman–Crippen MR) is 76.5 cm³/mol. The fraction of sp³-hybridized carbons (Fsp3) is 0.938. The van der Waals surface area contributed by atoms with Crippen LogP contribution in [0, 0.1) is 23.7 Å². The molecule has 4 aliphatic carbocycles. The molecule has 0 aliphatic heterocycles. The molecule has 3 heteroatoms. The number of carbonyl (C=O) groups excluding carboxylic acids is 1. The van der Waals surface area contributed by atoms with E-state index in [0.717, 1.165) is 30.1 Å². The van der Waals surface area contributed by atoms with Crippen LogP contribution in [-0.2, 0) is 4.79 Å². The maximum atomic E-state index is 12.3. The van der Waals surface area contributed by atoms with Crippen LogP contribution >= 0.6 is 0 Å². The van der Waals surface area contributed by atoms with Gasteiger partial charge in [0.2, 0.25) is 5.91 Å². The van der Waals surface area contributed by atoms with Crippen molar-refractivity contribution in [1.29, 1.82) is 0 Å². The first-order valence-corrected chi connectivity index (χ1v) is 8.05. The van der Waals surface area contributed by atoms with Gasteiger partial charge in [-0.1, -0.05) is 0 Å². The number of hydrogen-bond donors (Lipinski definition) is 1. The normalized spacial score (nSPS) is 41.3. The van der Waals surface area contributed by atoms with Crippen molar-refractivity contribution >= 4 is 5.91 Å². The molecule has 0 aromatic rings. The lowest BCUT2D eigenvalue weighted by molar-refractivity contribution is -0.141. The Morgan fingerprint density at radius 2 is 1.68 bits per heavy atom. The van der Waals surface area contributed by atoms with E-state index in [4.69, 9.17) is 5.73 Å². The molecule has 1 atom stereocenters. The summed E-state index contributed by atoms with van der Waals surface area (Å²) in [6.07, 6.45) is 8.42. The Kier molecular flexibility index (Phi) is 3.59. The van der Waals surface area contributed by atoms with Gasteiger partial charge in [0.05, 0.1) is 0 Å². The zero-order valence-electron chi connectivity index (χ0n) is 12.3. The fourth-order valence-corrected chi connectivity index (χ4v) is 5.22. The van der Waals surface area contributed by atoms with Crippen LogP contribution in [0.1, 0.15) is 51.9 Å². The maximum Gasteiger partial charge on any atom is 0.222 e. The molecule has 4 fully saturated rings. The van der Waals surface area contributed by atoms with Crippen molar-refractivity contribution in [3.63, 3.8) is 0 Å². The van der Waals surface area contributed by atoms with Crippen molar-refractivity contribution in [1.82, 2.24) is 4.90 Å². The van der Waals surface area contributed by atoms with E-state index in [1.165, 1.54) is 32.1 Å². The summed E-state index contributed by atoms with van der Waals surface area (Å²) in [6, 6.07) is 0.671. The summed E-state index contributed by atoms with van der Waals surface area (Å²) < 4.78 is 0. The summed E-state index contributed by atoms with van der Waals surface area (Å²) in [5.74, 6) is 3.86. The fourth-order valence-electron chi connectivity index (χ4n) is 5.22. The molecule has 0 heterocycles. The smallest absolute Gasteiger partial charge is 0.222 e. The molecule has 19 heavy (non-hydrogen) atoms. The summed E-state index contributed by atoms with van der Waals surface area (Å²) in [5.41, 5.74) is 5.76. The molecule has 4 aliphatic rings. The average molecular weight is 264 g/mol. The molecule has 1 unspecified atom stereocenters. The number of nitrogens with two attached hydrogens (primary N) is 1. The molecule has 0 saturated heterocycles.